The molecule has 0 aliphatic rings. The maximum atomic E-state index is 9.30. The fourth-order valence-electron chi connectivity index (χ4n) is 1.53. The van der Waals surface area contributed by atoms with Crippen molar-refractivity contribution in [3.05, 3.63) is 6.61 Å². The van der Waals surface area contributed by atoms with Gasteiger partial charge in [-0.3, -0.25) is 0 Å². The van der Waals surface area contributed by atoms with Crippen LogP contribution in [0.5, 0.6) is 0 Å². The van der Waals surface area contributed by atoms with Gasteiger partial charge in [0.05, 0.1) is 12.7 Å². The number of hydrogen-bond acceptors (Lipinski definition) is 2. The second-order valence-electron chi connectivity index (χ2n) is 3.94. The van der Waals surface area contributed by atoms with Gasteiger partial charge in [0.1, 0.15) is 0 Å². The molecule has 0 aromatic heterocycles. The summed E-state index contributed by atoms with van der Waals surface area (Å²) in [6.07, 6.45) is 9.82. The van der Waals surface area contributed by atoms with Gasteiger partial charge in [0.2, 0.25) is 0 Å². The number of aliphatic hydroxyl groups excluding tert-OH is 2. The van der Waals surface area contributed by atoms with Crippen LogP contribution in [-0.4, -0.2) is 16.3 Å². The van der Waals surface area contributed by atoms with Gasteiger partial charge in [-0.15, -0.1) is 0 Å². The Labute approximate surface area is 88.3 Å². The molecule has 0 amide bonds. The molecule has 2 N–H and O–H groups in total. The van der Waals surface area contributed by atoms with Gasteiger partial charge in [-0.25, -0.2) is 0 Å². The average molecular weight is 201 g/mol. The standard InChI is InChI=1S/C12H25O2/c1-2-12(14)10-8-6-4-3-5-7-9-11-13/h11-14H,2-10H2,1H3. The molecule has 0 saturated heterocycles. The highest BCUT2D eigenvalue weighted by molar-refractivity contribution is 4.54. The quantitative estimate of drug-likeness (QED) is 0.532. The summed E-state index contributed by atoms with van der Waals surface area (Å²) in [4.78, 5) is 0. The van der Waals surface area contributed by atoms with Gasteiger partial charge >= 0.3 is 0 Å². The minimum absolute atomic E-state index is 0.0843. The van der Waals surface area contributed by atoms with E-state index >= 15 is 0 Å². The number of aliphatic hydroxyl groups is 2. The lowest BCUT2D eigenvalue weighted by Gasteiger charge is -2.06. The van der Waals surface area contributed by atoms with Gasteiger partial charge in [-0.1, -0.05) is 45.4 Å². The van der Waals surface area contributed by atoms with Crippen molar-refractivity contribution in [2.75, 3.05) is 0 Å². The molecule has 0 aromatic rings. The highest BCUT2D eigenvalue weighted by Crippen LogP contribution is 2.10. The average Bonchev–Trinajstić information content (AvgIpc) is 2.21. The maximum absolute atomic E-state index is 9.30. The summed E-state index contributed by atoms with van der Waals surface area (Å²) in [6.45, 7) is 3.27. The Balaban J connectivity index is 2.92. The number of unbranched alkanes of at least 4 members (excludes halogenated alkanes) is 6. The zero-order valence-electron chi connectivity index (χ0n) is 9.41. The van der Waals surface area contributed by atoms with Crippen LogP contribution in [-0.2, 0) is 0 Å². The van der Waals surface area contributed by atoms with Crippen LogP contribution in [0.1, 0.15) is 64.7 Å². The highest BCUT2D eigenvalue weighted by atomic mass is 16.3. The van der Waals surface area contributed by atoms with Crippen molar-refractivity contribution in [3.8, 4) is 0 Å². The summed E-state index contributed by atoms with van der Waals surface area (Å²) >= 11 is 0. The third-order valence-electron chi connectivity index (χ3n) is 2.59. The Bertz CT molecular complexity index is 104. The summed E-state index contributed by atoms with van der Waals surface area (Å²) < 4.78 is 0. The fraction of sp³-hybridized carbons (Fsp3) is 0.917. The molecule has 1 unspecified atom stereocenters. The molecule has 2 heteroatoms. The molecule has 2 nitrogen and oxygen atoms in total. The maximum Gasteiger partial charge on any atom is 0.0799 e. The molecule has 0 rings (SSSR count). The van der Waals surface area contributed by atoms with E-state index in [1.54, 1.807) is 0 Å². The molecular formula is C12H25O2. The molecule has 0 saturated carbocycles. The van der Waals surface area contributed by atoms with Crippen molar-refractivity contribution < 1.29 is 10.2 Å². The van der Waals surface area contributed by atoms with E-state index in [0.717, 1.165) is 32.1 Å². The third-order valence-corrected chi connectivity index (χ3v) is 2.59. The van der Waals surface area contributed by atoms with Crippen LogP contribution in [0.2, 0.25) is 0 Å². The summed E-state index contributed by atoms with van der Waals surface area (Å²) in [5.41, 5.74) is 0. The number of rotatable bonds is 10. The van der Waals surface area contributed by atoms with Crippen LogP contribution in [0.4, 0.5) is 0 Å². The van der Waals surface area contributed by atoms with Crippen LogP contribution in [0.25, 0.3) is 0 Å². The van der Waals surface area contributed by atoms with E-state index in [4.69, 9.17) is 5.11 Å². The molecule has 1 atom stereocenters. The van der Waals surface area contributed by atoms with Gasteiger partial charge in [0.15, 0.2) is 0 Å². The molecule has 14 heavy (non-hydrogen) atoms. The Kier molecular flexibility index (Phi) is 10.9. The summed E-state index contributed by atoms with van der Waals surface area (Å²) in [5, 5.41) is 17.7. The SMILES string of the molecule is CCC(O)CCCCCCCC[CH]O. The van der Waals surface area contributed by atoms with Crippen molar-refractivity contribution in [1.29, 1.82) is 0 Å². The molecule has 0 aliphatic carbocycles. The first-order valence-electron chi connectivity index (χ1n) is 5.95. The van der Waals surface area contributed by atoms with Gasteiger partial charge in [-0.05, 0) is 19.3 Å². The zero-order valence-corrected chi connectivity index (χ0v) is 9.41. The third kappa shape index (κ3) is 10.0. The molecule has 0 bridgehead atoms. The minimum atomic E-state index is -0.0843. The van der Waals surface area contributed by atoms with Crippen LogP contribution >= 0.6 is 0 Å². The van der Waals surface area contributed by atoms with E-state index in [1.165, 1.54) is 32.3 Å². The van der Waals surface area contributed by atoms with E-state index in [-0.39, 0.29) is 6.10 Å². The predicted molar refractivity (Wildman–Crippen MR) is 59.5 cm³/mol. The Morgan fingerprint density at radius 1 is 1.00 bits per heavy atom. The normalized spacial score (nSPS) is 13.1. The van der Waals surface area contributed by atoms with Crippen LogP contribution in [0, 0.1) is 6.61 Å². The molecule has 0 fully saturated rings. The van der Waals surface area contributed by atoms with E-state index in [0.29, 0.717) is 0 Å². The van der Waals surface area contributed by atoms with E-state index in [2.05, 4.69) is 0 Å². The molecule has 0 aliphatic heterocycles. The van der Waals surface area contributed by atoms with Gasteiger partial charge in [-0.2, -0.15) is 0 Å². The van der Waals surface area contributed by atoms with Crippen LogP contribution in [0.15, 0.2) is 0 Å². The first-order valence-corrected chi connectivity index (χ1v) is 5.95. The van der Waals surface area contributed by atoms with E-state index in [1.807, 2.05) is 6.92 Å². The molecule has 0 aromatic carbocycles. The summed E-state index contributed by atoms with van der Waals surface area (Å²) in [7, 11) is 0. The second-order valence-corrected chi connectivity index (χ2v) is 3.94. The van der Waals surface area contributed by atoms with E-state index in [9.17, 15) is 5.11 Å². The molecule has 0 heterocycles. The fourth-order valence-corrected chi connectivity index (χ4v) is 1.53. The first kappa shape index (κ1) is 13.9. The van der Waals surface area contributed by atoms with Crippen molar-refractivity contribution in [2.24, 2.45) is 0 Å². The Morgan fingerprint density at radius 2 is 1.57 bits per heavy atom. The van der Waals surface area contributed by atoms with Crippen molar-refractivity contribution >= 4 is 0 Å². The lowest BCUT2D eigenvalue weighted by atomic mass is 10.1. The van der Waals surface area contributed by atoms with Crippen molar-refractivity contribution in [2.45, 2.75) is 70.8 Å². The summed E-state index contributed by atoms with van der Waals surface area (Å²) in [6, 6.07) is 0. The van der Waals surface area contributed by atoms with Gasteiger partial charge in [0.25, 0.3) is 0 Å². The molecule has 1 radical (unpaired) electrons. The molecule has 85 valence electrons. The highest BCUT2D eigenvalue weighted by Gasteiger charge is 1.99. The van der Waals surface area contributed by atoms with Gasteiger partial charge < -0.3 is 10.2 Å². The number of hydrogen-bond donors (Lipinski definition) is 2. The smallest absolute Gasteiger partial charge is 0.0799 e. The second kappa shape index (κ2) is 11.0. The predicted octanol–water partition coefficient (Wildman–Crippen LogP) is 3.41. The Hall–Kier alpha value is -0.0800. The largest absolute Gasteiger partial charge is 0.393 e. The summed E-state index contributed by atoms with van der Waals surface area (Å²) in [5.74, 6) is 0. The van der Waals surface area contributed by atoms with Crippen LogP contribution in [0.3, 0.4) is 0 Å². The first-order chi connectivity index (χ1) is 6.81. The molecular weight excluding hydrogens is 176 g/mol. The van der Waals surface area contributed by atoms with Crippen molar-refractivity contribution in [1.82, 2.24) is 0 Å². The lowest BCUT2D eigenvalue weighted by molar-refractivity contribution is 0.156. The van der Waals surface area contributed by atoms with E-state index < -0.39 is 0 Å². The van der Waals surface area contributed by atoms with Crippen LogP contribution < -0.4 is 0 Å². The topological polar surface area (TPSA) is 40.5 Å². The minimum Gasteiger partial charge on any atom is -0.393 e. The van der Waals surface area contributed by atoms with Crippen molar-refractivity contribution in [3.63, 3.8) is 0 Å². The Morgan fingerprint density at radius 3 is 2.14 bits per heavy atom. The monoisotopic (exact) mass is 201 g/mol. The zero-order chi connectivity index (χ0) is 10.6. The molecule has 0 spiro atoms. The lowest BCUT2D eigenvalue weighted by Crippen LogP contribution is -2.03. The van der Waals surface area contributed by atoms with Gasteiger partial charge in [0, 0.05) is 0 Å².